The van der Waals surface area contributed by atoms with Crippen molar-refractivity contribution in [3.63, 3.8) is 0 Å². The van der Waals surface area contributed by atoms with Crippen LogP contribution in [-0.2, 0) is 16.1 Å². The molecule has 3 fully saturated rings. The van der Waals surface area contributed by atoms with Gasteiger partial charge in [-0.15, -0.1) is 0 Å². The summed E-state index contributed by atoms with van der Waals surface area (Å²) in [6.07, 6.45) is 4.49. The van der Waals surface area contributed by atoms with Gasteiger partial charge >= 0.3 is 0 Å². The van der Waals surface area contributed by atoms with E-state index in [0.29, 0.717) is 18.5 Å². The Balaban J connectivity index is 1.11. The van der Waals surface area contributed by atoms with Crippen LogP contribution in [0.4, 0.5) is 17.1 Å². The lowest BCUT2D eigenvalue weighted by atomic mass is 9.63. The monoisotopic (exact) mass is 404 g/mol. The molecule has 1 atom stereocenters. The van der Waals surface area contributed by atoms with Gasteiger partial charge in [-0.25, -0.2) is 0 Å². The number of benzene rings is 2. The highest BCUT2D eigenvalue weighted by Crippen LogP contribution is 2.49. The van der Waals surface area contributed by atoms with Crippen molar-refractivity contribution < 1.29 is 9.59 Å². The summed E-state index contributed by atoms with van der Waals surface area (Å²) in [7, 11) is 0. The number of nitrogens with one attached hydrogen (secondary N) is 3. The first-order chi connectivity index (χ1) is 14.6. The molecule has 1 spiro atoms. The second kappa shape index (κ2) is 7.67. The quantitative estimate of drug-likeness (QED) is 0.691. The van der Waals surface area contributed by atoms with Gasteiger partial charge in [-0.1, -0.05) is 18.6 Å². The molecule has 1 aliphatic carbocycles. The molecule has 2 amide bonds. The molecule has 1 saturated carbocycles. The molecule has 6 heteroatoms. The molecule has 0 radical (unpaired) electrons. The van der Waals surface area contributed by atoms with E-state index < -0.39 is 0 Å². The number of nitrogens with zero attached hydrogens (tertiary/aromatic N) is 1. The van der Waals surface area contributed by atoms with E-state index in [2.05, 4.69) is 45.1 Å². The van der Waals surface area contributed by atoms with Crippen molar-refractivity contribution in [1.82, 2.24) is 10.6 Å². The van der Waals surface area contributed by atoms with Gasteiger partial charge in [0.25, 0.3) is 0 Å². The molecule has 2 aromatic carbocycles. The summed E-state index contributed by atoms with van der Waals surface area (Å²) in [5.41, 5.74) is 5.06. The normalized spacial score (nSPS) is 21.5. The number of rotatable bonds is 6. The topological polar surface area (TPSA) is 73.5 Å². The van der Waals surface area contributed by atoms with E-state index in [1.807, 2.05) is 24.3 Å². The lowest BCUT2D eigenvalue weighted by Gasteiger charge is -2.57. The first-order valence-electron chi connectivity index (χ1n) is 10.8. The Morgan fingerprint density at radius 2 is 1.70 bits per heavy atom. The Labute approximate surface area is 177 Å². The molecule has 30 heavy (non-hydrogen) atoms. The van der Waals surface area contributed by atoms with E-state index in [4.69, 9.17) is 0 Å². The summed E-state index contributed by atoms with van der Waals surface area (Å²) in [5.74, 6) is -0.372. The minimum atomic E-state index is -0.253. The van der Waals surface area contributed by atoms with Gasteiger partial charge < -0.3 is 20.9 Å². The highest BCUT2D eigenvalue weighted by molar-refractivity contribution is 5.89. The van der Waals surface area contributed by atoms with Gasteiger partial charge in [0.1, 0.15) is 0 Å². The highest BCUT2D eigenvalue weighted by Gasteiger charge is 2.47. The fourth-order valence-electron chi connectivity index (χ4n) is 4.69. The first kappa shape index (κ1) is 19.0. The Bertz CT molecular complexity index is 927. The molecule has 2 aliphatic heterocycles. The van der Waals surface area contributed by atoms with Crippen LogP contribution in [0.1, 0.15) is 31.2 Å². The van der Waals surface area contributed by atoms with Crippen LogP contribution in [0.2, 0.25) is 0 Å². The molecule has 2 saturated heterocycles. The molecular formula is C24H28N4O2. The molecule has 6 nitrogen and oxygen atoms in total. The zero-order valence-electron chi connectivity index (χ0n) is 17.1. The Morgan fingerprint density at radius 1 is 1.03 bits per heavy atom. The fourth-order valence-corrected chi connectivity index (χ4v) is 4.69. The van der Waals surface area contributed by atoms with Crippen LogP contribution in [0.25, 0.3) is 0 Å². The molecule has 0 bridgehead atoms. The third-order valence-corrected chi connectivity index (χ3v) is 6.76. The third-order valence-electron chi connectivity index (χ3n) is 6.76. The van der Waals surface area contributed by atoms with Crippen LogP contribution >= 0.6 is 0 Å². The van der Waals surface area contributed by atoms with Gasteiger partial charge in [0.2, 0.25) is 11.8 Å². The number of anilines is 3. The SMILES string of the molecule is O=C1CC(C(=O)NCc2ccc(Nc3ccc(N4CC5(CCC5)C4)cc3)cc2)CN1. The average molecular weight is 405 g/mol. The maximum Gasteiger partial charge on any atom is 0.225 e. The van der Waals surface area contributed by atoms with Crippen LogP contribution in [0.15, 0.2) is 48.5 Å². The van der Waals surface area contributed by atoms with Crippen LogP contribution < -0.4 is 20.9 Å². The number of carbonyl (C=O) groups excluding carboxylic acids is 2. The third kappa shape index (κ3) is 3.86. The molecular weight excluding hydrogens is 376 g/mol. The zero-order chi connectivity index (χ0) is 20.6. The summed E-state index contributed by atoms with van der Waals surface area (Å²) in [5, 5.41) is 9.04. The van der Waals surface area contributed by atoms with Crippen LogP contribution in [0.3, 0.4) is 0 Å². The summed E-state index contributed by atoms with van der Waals surface area (Å²) in [6, 6.07) is 16.7. The minimum Gasteiger partial charge on any atom is -0.370 e. The summed E-state index contributed by atoms with van der Waals surface area (Å²) in [6.45, 7) is 3.33. The summed E-state index contributed by atoms with van der Waals surface area (Å²) >= 11 is 0. The Morgan fingerprint density at radius 3 is 2.27 bits per heavy atom. The largest absolute Gasteiger partial charge is 0.370 e. The lowest BCUT2D eigenvalue weighted by Crippen LogP contribution is -2.59. The van der Waals surface area contributed by atoms with Crippen LogP contribution in [-0.4, -0.2) is 31.4 Å². The minimum absolute atomic E-state index is 0.0502. The summed E-state index contributed by atoms with van der Waals surface area (Å²) < 4.78 is 0. The van der Waals surface area contributed by atoms with Gasteiger partial charge in [-0.05, 0) is 54.8 Å². The second-order valence-corrected chi connectivity index (χ2v) is 9.00. The average Bonchev–Trinajstić information content (AvgIpc) is 3.13. The van der Waals surface area contributed by atoms with Crippen molar-refractivity contribution in [3.05, 3.63) is 54.1 Å². The van der Waals surface area contributed by atoms with E-state index in [1.54, 1.807) is 0 Å². The molecule has 2 heterocycles. The zero-order valence-corrected chi connectivity index (χ0v) is 17.1. The van der Waals surface area contributed by atoms with E-state index in [9.17, 15) is 9.59 Å². The Kier molecular flexibility index (Phi) is 4.85. The molecule has 5 rings (SSSR count). The number of amides is 2. The summed E-state index contributed by atoms with van der Waals surface area (Å²) in [4.78, 5) is 25.8. The molecule has 3 aliphatic rings. The van der Waals surface area contributed by atoms with Crippen molar-refractivity contribution in [3.8, 4) is 0 Å². The van der Waals surface area contributed by atoms with E-state index in [0.717, 1.165) is 16.9 Å². The van der Waals surface area contributed by atoms with Gasteiger partial charge in [-0.2, -0.15) is 0 Å². The predicted molar refractivity (Wildman–Crippen MR) is 118 cm³/mol. The first-order valence-corrected chi connectivity index (χ1v) is 10.8. The maximum atomic E-state index is 12.1. The van der Waals surface area contributed by atoms with E-state index >= 15 is 0 Å². The molecule has 2 aromatic rings. The van der Waals surface area contributed by atoms with Crippen molar-refractivity contribution in [2.75, 3.05) is 29.9 Å². The fraction of sp³-hybridized carbons (Fsp3) is 0.417. The number of hydrogen-bond acceptors (Lipinski definition) is 4. The molecule has 1 unspecified atom stereocenters. The molecule has 0 aromatic heterocycles. The van der Waals surface area contributed by atoms with E-state index in [-0.39, 0.29) is 24.2 Å². The number of hydrogen-bond donors (Lipinski definition) is 3. The number of carbonyl (C=O) groups is 2. The molecule has 156 valence electrons. The smallest absolute Gasteiger partial charge is 0.225 e. The Hall–Kier alpha value is -3.02. The predicted octanol–water partition coefficient (Wildman–Crippen LogP) is 3.17. The van der Waals surface area contributed by atoms with Crippen molar-refractivity contribution >= 4 is 28.9 Å². The van der Waals surface area contributed by atoms with Gasteiger partial charge in [0.05, 0.1) is 5.92 Å². The highest BCUT2D eigenvalue weighted by atomic mass is 16.2. The van der Waals surface area contributed by atoms with Crippen molar-refractivity contribution in [2.45, 2.75) is 32.2 Å². The standard InChI is InChI=1S/C24H28N4O2/c29-22-12-18(14-25-22)23(30)26-13-17-2-4-19(5-3-17)27-20-6-8-21(9-7-20)28-15-24(16-28)10-1-11-24/h2-9,18,27H,1,10-16H2,(H,25,29)(H,26,30). The van der Waals surface area contributed by atoms with Crippen molar-refractivity contribution in [1.29, 1.82) is 0 Å². The van der Waals surface area contributed by atoms with Gasteiger partial charge in [0.15, 0.2) is 0 Å². The van der Waals surface area contributed by atoms with Gasteiger partial charge in [0, 0.05) is 55.1 Å². The van der Waals surface area contributed by atoms with Crippen molar-refractivity contribution in [2.24, 2.45) is 11.3 Å². The van der Waals surface area contributed by atoms with Crippen LogP contribution in [0.5, 0.6) is 0 Å². The van der Waals surface area contributed by atoms with E-state index in [1.165, 1.54) is 38.0 Å². The lowest BCUT2D eigenvalue weighted by molar-refractivity contribution is -0.126. The van der Waals surface area contributed by atoms with Gasteiger partial charge in [-0.3, -0.25) is 9.59 Å². The molecule has 3 N–H and O–H groups in total. The van der Waals surface area contributed by atoms with Crippen LogP contribution in [0, 0.1) is 11.3 Å². The second-order valence-electron chi connectivity index (χ2n) is 9.00. The maximum absolute atomic E-state index is 12.1.